The molecule has 5 aromatic rings. The minimum absolute atomic E-state index is 0.226. The van der Waals surface area contributed by atoms with E-state index in [2.05, 4.69) is 8.75 Å². The van der Waals surface area contributed by atoms with Crippen LogP contribution < -0.4 is 9.47 Å². The Morgan fingerprint density at radius 1 is 0.578 bits per heavy atom. The summed E-state index contributed by atoms with van der Waals surface area (Å²) in [6.45, 7) is 0.457. The number of aromatic nitrogens is 2. The van der Waals surface area contributed by atoms with Crippen LogP contribution in [0.25, 0.3) is 44.4 Å². The molecule has 0 unspecified atom stereocenters. The molecule has 0 spiro atoms. The summed E-state index contributed by atoms with van der Waals surface area (Å²) in [7, 11) is -8.10. The van der Waals surface area contributed by atoms with Crippen LogP contribution in [-0.4, -0.2) is 59.4 Å². The molecule has 0 radical (unpaired) electrons. The maximum absolute atomic E-state index is 11.2. The molecule has 0 fully saturated rings. The highest BCUT2D eigenvalue weighted by molar-refractivity contribution is 7.86. The molecule has 1 aromatic heterocycles. The molecular weight excluding hydrogens is 637 g/mol. The van der Waals surface area contributed by atoms with Gasteiger partial charge in [-0.3, -0.25) is 9.11 Å². The lowest BCUT2D eigenvalue weighted by Gasteiger charge is -2.19. The Morgan fingerprint density at radius 3 is 1.62 bits per heavy atom. The van der Waals surface area contributed by atoms with Crippen molar-refractivity contribution in [3.05, 3.63) is 84.9 Å². The molecule has 13 heteroatoms. The Kier molecular flexibility index (Phi) is 10.5. The lowest BCUT2D eigenvalue weighted by Crippen LogP contribution is -2.07. The molecule has 45 heavy (non-hydrogen) atoms. The highest BCUT2D eigenvalue weighted by Gasteiger charge is 2.17. The Labute approximate surface area is 266 Å². The van der Waals surface area contributed by atoms with Gasteiger partial charge in [0.05, 0.1) is 36.4 Å². The van der Waals surface area contributed by atoms with Gasteiger partial charge in [0.2, 0.25) is 0 Å². The van der Waals surface area contributed by atoms with Gasteiger partial charge in [-0.05, 0) is 60.6 Å². The minimum atomic E-state index is -4.05. The fourth-order valence-corrected chi connectivity index (χ4v) is 6.56. The number of ether oxygens (including phenoxy) is 2. The number of fused-ring (bicyclic) bond motifs is 1. The zero-order valence-corrected chi connectivity index (χ0v) is 26.7. The predicted octanol–water partition coefficient (Wildman–Crippen LogP) is 6.79. The van der Waals surface area contributed by atoms with E-state index >= 15 is 0 Å². The summed E-state index contributed by atoms with van der Waals surface area (Å²) in [6, 6.07) is 27.2. The van der Waals surface area contributed by atoms with Crippen LogP contribution in [0.5, 0.6) is 11.5 Å². The quantitative estimate of drug-likeness (QED) is 0.0901. The first-order chi connectivity index (χ1) is 21.6. The average Bonchev–Trinajstić information content (AvgIpc) is 3.50. The van der Waals surface area contributed by atoms with Gasteiger partial charge in [0.1, 0.15) is 22.5 Å². The van der Waals surface area contributed by atoms with Crippen molar-refractivity contribution in [1.82, 2.24) is 8.75 Å². The Hall–Kier alpha value is -3.88. The third kappa shape index (κ3) is 9.08. The van der Waals surface area contributed by atoms with Crippen LogP contribution >= 0.6 is 11.7 Å². The van der Waals surface area contributed by atoms with E-state index in [1.807, 2.05) is 84.9 Å². The van der Waals surface area contributed by atoms with Crippen LogP contribution in [0.3, 0.4) is 0 Å². The van der Waals surface area contributed by atoms with Crippen molar-refractivity contribution < 1.29 is 35.4 Å². The van der Waals surface area contributed by atoms with E-state index in [0.29, 0.717) is 24.3 Å². The highest BCUT2D eigenvalue weighted by Crippen LogP contribution is 2.42. The fraction of sp³-hybridized carbons (Fsp3) is 0.250. The third-order valence-electron chi connectivity index (χ3n) is 7.07. The summed E-state index contributed by atoms with van der Waals surface area (Å²) in [5.41, 5.74) is 6.86. The summed E-state index contributed by atoms with van der Waals surface area (Å²) in [4.78, 5) is 0. The molecule has 1 heterocycles. The number of benzene rings is 4. The molecule has 0 aliphatic rings. The predicted molar refractivity (Wildman–Crippen MR) is 176 cm³/mol. The summed E-state index contributed by atoms with van der Waals surface area (Å²) in [5.74, 6) is 0.460. The van der Waals surface area contributed by atoms with E-state index in [1.54, 1.807) is 0 Å². The summed E-state index contributed by atoms with van der Waals surface area (Å²) in [6.07, 6.45) is 1.33. The van der Waals surface area contributed by atoms with Gasteiger partial charge in [-0.2, -0.15) is 25.6 Å². The van der Waals surface area contributed by atoms with Crippen LogP contribution in [0.2, 0.25) is 0 Å². The van der Waals surface area contributed by atoms with Crippen molar-refractivity contribution in [2.45, 2.75) is 25.7 Å². The Morgan fingerprint density at radius 2 is 1.09 bits per heavy atom. The van der Waals surface area contributed by atoms with Crippen LogP contribution in [0.1, 0.15) is 25.7 Å². The maximum Gasteiger partial charge on any atom is 0.264 e. The molecule has 0 amide bonds. The second-order valence-corrected chi connectivity index (χ2v) is 14.1. The summed E-state index contributed by atoms with van der Waals surface area (Å²) >= 11 is 1.17. The lowest BCUT2D eigenvalue weighted by molar-refractivity contribution is 0.302. The second kappa shape index (κ2) is 14.5. The third-order valence-corrected chi connectivity index (χ3v) is 9.22. The van der Waals surface area contributed by atoms with Crippen molar-refractivity contribution in [3.63, 3.8) is 0 Å². The van der Waals surface area contributed by atoms with Gasteiger partial charge in [0.15, 0.2) is 0 Å². The van der Waals surface area contributed by atoms with Crippen molar-refractivity contribution >= 4 is 43.0 Å². The van der Waals surface area contributed by atoms with Gasteiger partial charge in [-0.15, -0.1) is 0 Å². The van der Waals surface area contributed by atoms with Gasteiger partial charge in [0.25, 0.3) is 20.2 Å². The fourth-order valence-electron chi connectivity index (χ4n) is 4.87. The SMILES string of the molecule is O=S(=O)(O)CCCCOc1cc(-c2ccc(-c3cccc4nsnc34)cc2)c(OCCCCS(=O)(=O)O)cc1-c1ccccc1. The van der Waals surface area contributed by atoms with Crippen molar-refractivity contribution in [2.75, 3.05) is 24.7 Å². The van der Waals surface area contributed by atoms with E-state index in [-0.39, 0.29) is 37.6 Å². The zero-order valence-electron chi connectivity index (χ0n) is 24.2. The summed E-state index contributed by atoms with van der Waals surface area (Å²) in [5, 5.41) is 0. The van der Waals surface area contributed by atoms with Crippen LogP contribution in [-0.2, 0) is 20.2 Å². The van der Waals surface area contributed by atoms with E-state index in [9.17, 15) is 16.8 Å². The number of unbranched alkanes of at least 4 members (excludes halogenated alkanes) is 2. The number of rotatable bonds is 15. The molecule has 0 bridgehead atoms. The van der Waals surface area contributed by atoms with Crippen LogP contribution in [0, 0.1) is 0 Å². The molecule has 10 nitrogen and oxygen atoms in total. The van der Waals surface area contributed by atoms with E-state index < -0.39 is 20.2 Å². The molecule has 0 atom stereocenters. The Bertz CT molecular complexity index is 1960. The monoisotopic (exact) mass is 668 g/mol. The van der Waals surface area contributed by atoms with E-state index in [0.717, 1.165) is 44.4 Å². The number of hydrogen-bond donors (Lipinski definition) is 2. The maximum atomic E-state index is 11.2. The standard InChI is InChI=1S/C32H32N2O8S3/c35-44(36,37)19-6-4-17-41-30-22-28(25-15-13-24(14-16-25)26-11-8-12-29-32(26)34-43-33-29)31(42-18-5-7-20-45(38,39)40)21-27(30)23-9-2-1-3-10-23/h1-3,8-16,21-22H,4-7,17-20H2,(H,35,36,37)(H,38,39,40). The van der Waals surface area contributed by atoms with Gasteiger partial charge in [-0.1, -0.05) is 66.7 Å². The highest BCUT2D eigenvalue weighted by atomic mass is 32.2. The Balaban J connectivity index is 1.48. The normalized spacial score (nSPS) is 12.0. The number of nitrogens with zero attached hydrogens (tertiary/aromatic N) is 2. The molecule has 0 saturated carbocycles. The average molecular weight is 669 g/mol. The van der Waals surface area contributed by atoms with Crippen molar-refractivity contribution in [1.29, 1.82) is 0 Å². The largest absolute Gasteiger partial charge is 0.493 e. The second-order valence-electron chi connectivity index (χ2n) is 10.4. The van der Waals surface area contributed by atoms with Crippen LogP contribution in [0.4, 0.5) is 0 Å². The van der Waals surface area contributed by atoms with E-state index in [1.165, 1.54) is 11.7 Å². The van der Waals surface area contributed by atoms with Gasteiger partial charge >= 0.3 is 0 Å². The minimum Gasteiger partial charge on any atom is -0.493 e. The number of hydrogen-bond acceptors (Lipinski definition) is 9. The lowest BCUT2D eigenvalue weighted by atomic mass is 9.96. The van der Waals surface area contributed by atoms with Gasteiger partial charge in [0, 0.05) is 16.7 Å². The molecule has 236 valence electrons. The van der Waals surface area contributed by atoms with Crippen molar-refractivity contribution in [3.8, 4) is 44.9 Å². The van der Waals surface area contributed by atoms with Gasteiger partial charge in [-0.25, -0.2) is 0 Å². The molecule has 0 aliphatic carbocycles. The smallest absolute Gasteiger partial charge is 0.264 e. The van der Waals surface area contributed by atoms with Crippen LogP contribution in [0.15, 0.2) is 84.9 Å². The van der Waals surface area contributed by atoms with Gasteiger partial charge < -0.3 is 9.47 Å². The molecule has 0 aliphatic heterocycles. The molecule has 4 aromatic carbocycles. The zero-order chi connectivity index (χ0) is 31.9. The first-order valence-corrected chi connectivity index (χ1v) is 18.2. The molecule has 2 N–H and O–H groups in total. The topological polar surface area (TPSA) is 153 Å². The van der Waals surface area contributed by atoms with Crippen molar-refractivity contribution in [2.24, 2.45) is 0 Å². The molecular formula is C32H32N2O8S3. The molecule has 5 rings (SSSR count). The first-order valence-electron chi connectivity index (χ1n) is 14.3. The summed E-state index contributed by atoms with van der Waals surface area (Å²) < 4.78 is 83.9. The molecule has 0 saturated heterocycles. The van der Waals surface area contributed by atoms with E-state index in [4.69, 9.17) is 18.6 Å². The first kappa shape index (κ1) is 32.5.